The summed E-state index contributed by atoms with van der Waals surface area (Å²) >= 11 is 0. The van der Waals surface area contributed by atoms with Gasteiger partial charge in [-0.1, -0.05) is 36.4 Å². The number of esters is 2. The van der Waals surface area contributed by atoms with Crippen LogP contribution in [-0.2, 0) is 14.3 Å². The van der Waals surface area contributed by atoms with Gasteiger partial charge in [0.25, 0.3) is 0 Å². The highest BCUT2D eigenvalue weighted by Crippen LogP contribution is 2.31. The van der Waals surface area contributed by atoms with Crippen molar-refractivity contribution in [2.45, 2.75) is 13.0 Å². The highest BCUT2D eigenvalue weighted by atomic mass is 16.5. The van der Waals surface area contributed by atoms with Crippen molar-refractivity contribution in [1.29, 1.82) is 0 Å². The van der Waals surface area contributed by atoms with E-state index in [2.05, 4.69) is 10.6 Å². The van der Waals surface area contributed by atoms with Crippen molar-refractivity contribution in [2.75, 3.05) is 13.2 Å². The number of furan rings is 1. The van der Waals surface area contributed by atoms with Crippen LogP contribution in [0.5, 0.6) is 0 Å². The van der Waals surface area contributed by atoms with Gasteiger partial charge in [-0.25, -0.2) is 14.4 Å². The Labute approximate surface area is 210 Å². The average Bonchev–Trinajstić information content (AvgIpc) is 3.45. The predicted molar refractivity (Wildman–Crippen MR) is 127 cm³/mol. The van der Waals surface area contributed by atoms with Gasteiger partial charge in [0.1, 0.15) is 18.4 Å². The molecule has 37 heavy (non-hydrogen) atoms. The molecule has 2 aromatic carbocycles. The lowest BCUT2D eigenvalue weighted by Gasteiger charge is -2.27. The van der Waals surface area contributed by atoms with E-state index in [9.17, 15) is 24.0 Å². The molecule has 1 aliphatic heterocycles. The number of amides is 2. The van der Waals surface area contributed by atoms with Crippen LogP contribution in [0.15, 0.2) is 76.5 Å². The minimum Gasteiger partial charge on any atom is -0.467 e. The largest absolute Gasteiger partial charge is 0.467 e. The summed E-state index contributed by atoms with van der Waals surface area (Å²) in [4.78, 5) is 64.4. The van der Waals surface area contributed by atoms with Crippen LogP contribution in [-0.4, -0.2) is 42.7 Å². The van der Waals surface area contributed by atoms with Crippen LogP contribution in [0.2, 0.25) is 0 Å². The van der Waals surface area contributed by atoms with Gasteiger partial charge in [-0.05, 0) is 25.1 Å². The Hall–Kier alpha value is -4.99. The van der Waals surface area contributed by atoms with Crippen molar-refractivity contribution in [3.8, 4) is 0 Å². The van der Waals surface area contributed by atoms with Gasteiger partial charge in [-0.3, -0.25) is 9.59 Å². The minimum atomic E-state index is -0.975. The Morgan fingerprint density at radius 2 is 1.59 bits per heavy atom. The van der Waals surface area contributed by atoms with E-state index in [1.54, 1.807) is 37.3 Å². The number of carbonyl (C=O) groups excluding carboxylic acids is 5. The van der Waals surface area contributed by atoms with E-state index in [0.29, 0.717) is 0 Å². The van der Waals surface area contributed by atoms with Gasteiger partial charge in [0.15, 0.2) is 11.6 Å². The van der Waals surface area contributed by atoms with Gasteiger partial charge in [-0.15, -0.1) is 0 Å². The number of hydrogen-bond donors (Lipinski definition) is 2. The fraction of sp³-hybridized carbons (Fsp3) is 0.148. The summed E-state index contributed by atoms with van der Waals surface area (Å²) in [6.45, 7) is 1.19. The van der Waals surface area contributed by atoms with Gasteiger partial charge in [0.2, 0.25) is 0 Å². The molecule has 2 N–H and O–H groups in total. The molecule has 1 aromatic heterocycles. The quantitative estimate of drug-likeness (QED) is 0.385. The van der Waals surface area contributed by atoms with Crippen molar-refractivity contribution < 1.29 is 37.9 Å². The normalized spacial score (nSPS) is 16.4. The number of fused-ring (bicyclic) bond motifs is 2. The Kier molecular flexibility index (Phi) is 6.14. The Bertz CT molecular complexity index is 1490. The Balaban J connectivity index is 1.48. The first-order valence-corrected chi connectivity index (χ1v) is 11.4. The molecule has 186 valence electrons. The van der Waals surface area contributed by atoms with Crippen LogP contribution in [0.4, 0.5) is 4.79 Å². The monoisotopic (exact) mass is 500 g/mol. The summed E-state index contributed by atoms with van der Waals surface area (Å²) in [6.07, 6.45) is 1.39. The standard InChI is InChI=1S/C27H20N2O8/c1-2-35-26(33)21-18(28-27(34)29-22(21)19-11-6-12-36-19)13-37-25(32)17-10-5-9-16-20(17)24(31)15-8-4-3-7-14(15)23(16)30/h3-12,22H,2,13H2,1H3,(H2,28,29,34). The number of urea groups is 1. The molecule has 1 aliphatic carbocycles. The first kappa shape index (κ1) is 23.7. The van der Waals surface area contributed by atoms with Crippen molar-refractivity contribution in [2.24, 2.45) is 0 Å². The van der Waals surface area contributed by atoms with Gasteiger partial charge in [0, 0.05) is 22.3 Å². The van der Waals surface area contributed by atoms with Crippen LogP contribution in [0.25, 0.3) is 0 Å². The predicted octanol–water partition coefficient (Wildman–Crippen LogP) is 3.08. The van der Waals surface area contributed by atoms with E-state index < -0.39 is 36.4 Å². The Morgan fingerprint density at radius 3 is 2.30 bits per heavy atom. The summed E-state index contributed by atoms with van der Waals surface area (Å²) in [5.41, 5.74) is 0.382. The average molecular weight is 500 g/mol. The topological polar surface area (TPSA) is 141 Å². The van der Waals surface area contributed by atoms with Gasteiger partial charge < -0.3 is 24.5 Å². The summed E-state index contributed by atoms with van der Waals surface area (Å²) in [5, 5.41) is 5.08. The van der Waals surface area contributed by atoms with E-state index in [4.69, 9.17) is 13.9 Å². The number of rotatable bonds is 6. The third-order valence-electron chi connectivity index (χ3n) is 6.00. The van der Waals surface area contributed by atoms with Crippen molar-refractivity contribution in [3.63, 3.8) is 0 Å². The van der Waals surface area contributed by atoms with E-state index in [1.165, 1.54) is 30.5 Å². The molecule has 3 aromatic rings. The zero-order valence-corrected chi connectivity index (χ0v) is 19.5. The second-order valence-electron chi connectivity index (χ2n) is 8.17. The molecule has 1 unspecified atom stereocenters. The first-order valence-electron chi connectivity index (χ1n) is 11.4. The van der Waals surface area contributed by atoms with Crippen LogP contribution in [0.3, 0.4) is 0 Å². The molecular formula is C27H20N2O8. The third kappa shape index (κ3) is 4.18. The number of hydrogen-bond acceptors (Lipinski definition) is 8. The van der Waals surface area contributed by atoms with Gasteiger partial charge >= 0.3 is 18.0 Å². The zero-order valence-electron chi connectivity index (χ0n) is 19.5. The summed E-state index contributed by atoms with van der Waals surface area (Å²) in [6, 6.07) is 12.3. The SMILES string of the molecule is CCOC(=O)C1=C(COC(=O)c2cccc3c2C(=O)c2ccccc2C3=O)NC(=O)NC1c1ccco1. The summed E-state index contributed by atoms with van der Waals surface area (Å²) < 4.78 is 16.0. The van der Waals surface area contributed by atoms with E-state index in [-0.39, 0.29) is 57.2 Å². The maximum Gasteiger partial charge on any atom is 0.339 e. The summed E-state index contributed by atoms with van der Waals surface area (Å²) in [5.74, 6) is -2.22. The van der Waals surface area contributed by atoms with Gasteiger partial charge in [0.05, 0.1) is 29.7 Å². The molecule has 10 heteroatoms. The fourth-order valence-corrected chi connectivity index (χ4v) is 4.38. The molecule has 0 fully saturated rings. The highest BCUT2D eigenvalue weighted by molar-refractivity contribution is 6.30. The van der Waals surface area contributed by atoms with Crippen LogP contribution >= 0.6 is 0 Å². The third-order valence-corrected chi connectivity index (χ3v) is 6.00. The highest BCUT2D eigenvalue weighted by Gasteiger charge is 2.37. The lowest BCUT2D eigenvalue weighted by atomic mass is 9.82. The molecule has 0 saturated carbocycles. The first-order chi connectivity index (χ1) is 17.9. The number of carbonyl (C=O) groups is 5. The van der Waals surface area contributed by atoms with E-state index in [0.717, 1.165) is 0 Å². The van der Waals surface area contributed by atoms with Gasteiger partial charge in [-0.2, -0.15) is 0 Å². The lowest BCUT2D eigenvalue weighted by molar-refractivity contribution is -0.139. The van der Waals surface area contributed by atoms with Crippen LogP contribution in [0, 0.1) is 0 Å². The molecule has 10 nitrogen and oxygen atoms in total. The number of ether oxygens (including phenoxy) is 2. The molecule has 1 atom stereocenters. The lowest BCUT2D eigenvalue weighted by Crippen LogP contribution is -2.47. The molecule has 0 radical (unpaired) electrons. The van der Waals surface area contributed by atoms with Crippen LogP contribution < -0.4 is 10.6 Å². The molecule has 2 amide bonds. The molecular weight excluding hydrogens is 480 g/mol. The van der Waals surface area contributed by atoms with Crippen molar-refractivity contribution >= 4 is 29.5 Å². The molecule has 2 aliphatic rings. The smallest absolute Gasteiger partial charge is 0.339 e. The molecule has 0 bridgehead atoms. The Morgan fingerprint density at radius 1 is 0.865 bits per heavy atom. The zero-order chi connectivity index (χ0) is 26.1. The van der Waals surface area contributed by atoms with E-state index in [1.807, 2.05) is 0 Å². The molecule has 0 spiro atoms. The summed E-state index contributed by atoms with van der Waals surface area (Å²) in [7, 11) is 0. The maximum absolute atomic E-state index is 13.2. The maximum atomic E-state index is 13.2. The molecule has 0 saturated heterocycles. The molecule has 2 heterocycles. The van der Waals surface area contributed by atoms with Crippen molar-refractivity contribution in [1.82, 2.24) is 10.6 Å². The fourth-order valence-electron chi connectivity index (χ4n) is 4.38. The molecule has 5 rings (SSSR count). The second-order valence-corrected chi connectivity index (χ2v) is 8.17. The van der Waals surface area contributed by atoms with Crippen molar-refractivity contribution in [3.05, 3.63) is 106 Å². The number of benzene rings is 2. The second kappa shape index (κ2) is 9.57. The van der Waals surface area contributed by atoms with Crippen LogP contribution in [0.1, 0.15) is 60.9 Å². The minimum absolute atomic E-state index is 0.000489. The number of nitrogens with one attached hydrogen (secondary N) is 2. The van der Waals surface area contributed by atoms with E-state index >= 15 is 0 Å². The number of ketones is 2.